The van der Waals surface area contributed by atoms with Crippen LogP contribution in [0.25, 0.3) is 0 Å². The van der Waals surface area contributed by atoms with Crippen molar-refractivity contribution in [2.24, 2.45) is 34.5 Å². The van der Waals surface area contributed by atoms with Crippen molar-refractivity contribution >= 4 is 5.78 Å². The van der Waals surface area contributed by atoms with Crippen LogP contribution in [0.2, 0.25) is 0 Å². The number of ketones is 1. The van der Waals surface area contributed by atoms with E-state index in [1.54, 1.807) is 0 Å². The number of hydrogen-bond donors (Lipinski definition) is 1. The molecule has 4 rings (SSSR count). The summed E-state index contributed by atoms with van der Waals surface area (Å²) in [4.78, 5) is 12.5. The highest BCUT2D eigenvalue weighted by molar-refractivity contribution is 5.87. The van der Waals surface area contributed by atoms with Crippen LogP contribution in [0.5, 0.6) is 0 Å². The molecule has 1 N–H and O–H groups in total. The molecule has 0 aromatic heterocycles. The molecule has 0 spiro atoms. The summed E-state index contributed by atoms with van der Waals surface area (Å²) in [5.74, 6) is 3.08. The van der Waals surface area contributed by atoms with E-state index in [4.69, 9.17) is 0 Å². The Morgan fingerprint density at radius 1 is 1.09 bits per heavy atom. The Bertz CT molecular complexity index is 536. The molecule has 0 radical (unpaired) electrons. The number of aliphatic hydroxyl groups is 1. The van der Waals surface area contributed by atoms with Crippen LogP contribution in [-0.4, -0.2) is 17.0 Å². The van der Waals surface area contributed by atoms with E-state index < -0.39 is 0 Å². The van der Waals surface area contributed by atoms with Gasteiger partial charge in [0.05, 0.1) is 6.10 Å². The zero-order valence-corrected chi connectivity index (χ0v) is 14.3. The first-order chi connectivity index (χ1) is 10.4. The quantitative estimate of drug-likeness (QED) is 0.683. The summed E-state index contributed by atoms with van der Waals surface area (Å²) in [6, 6.07) is 0. The number of hydrogen-bond acceptors (Lipinski definition) is 2. The fourth-order valence-electron chi connectivity index (χ4n) is 6.77. The standard InChI is InChI=1S/C20H30O2/c1-12-10-13-11-14(21)6-8-19(13,2)16-7-9-20(3)15(18(12)16)4-5-17(20)22/h10,12,14-16,18,21H,4-9,11H2,1-3H3/t12-,14+,15+,16+,18+,19+,20+/m1/s1. The molecule has 0 amide bonds. The topological polar surface area (TPSA) is 37.3 Å². The molecule has 0 unspecified atom stereocenters. The van der Waals surface area contributed by atoms with E-state index in [0.717, 1.165) is 44.4 Å². The fraction of sp³-hybridized carbons (Fsp3) is 0.850. The monoisotopic (exact) mass is 302 g/mol. The third-order valence-corrected chi connectivity index (χ3v) is 8.12. The normalized spacial score (nSPS) is 54.3. The highest BCUT2D eigenvalue weighted by Gasteiger charge is 2.59. The lowest BCUT2D eigenvalue weighted by Crippen LogP contribution is -2.52. The lowest BCUT2D eigenvalue weighted by Gasteiger charge is -2.58. The van der Waals surface area contributed by atoms with Gasteiger partial charge >= 0.3 is 0 Å². The van der Waals surface area contributed by atoms with Crippen LogP contribution in [-0.2, 0) is 4.79 Å². The number of carbonyl (C=O) groups excluding carboxylic acids is 1. The Balaban J connectivity index is 1.75. The first-order valence-electron chi connectivity index (χ1n) is 9.29. The van der Waals surface area contributed by atoms with Crippen LogP contribution in [0.1, 0.15) is 65.7 Å². The Kier molecular flexibility index (Phi) is 3.18. The lowest BCUT2D eigenvalue weighted by atomic mass is 9.46. The molecule has 0 aromatic carbocycles. The van der Waals surface area contributed by atoms with E-state index in [0.29, 0.717) is 23.5 Å². The summed E-state index contributed by atoms with van der Waals surface area (Å²) >= 11 is 0. The number of Topliss-reactive ketones (excluding diaryl/α,β-unsaturated/α-hetero) is 1. The van der Waals surface area contributed by atoms with Crippen molar-refractivity contribution in [3.63, 3.8) is 0 Å². The molecule has 0 aliphatic heterocycles. The second kappa shape index (κ2) is 4.69. The van der Waals surface area contributed by atoms with Gasteiger partial charge in [0, 0.05) is 11.8 Å². The minimum Gasteiger partial charge on any atom is -0.393 e. The van der Waals surface area contributed by atoms with Gasteiger partial charge < -0.3 is 5.11 Å². The number of fused-ring (bicyclic) bond motifs is 5. The van der Waals surface area contributed by atoms with Gasteiger partial charge in [-0.25, -0.2) is 0 Å². The van der Waals surface area contributed by atoms with Gasteiger partial charge in [0.2, 0.25) is 0 Å². The SMILES string of the molecule is C[C@@H]1C=C2C[C@@H](O)CC[C@]2(C)[C@H]2CC[C@]3(C)C(=O)CC[C@H]3[C@H]12. The summed E-state index contributed by atoms with van der Waals surface area (Å²) in [5, 5.41) is 10.1. The van der Waals surface area contributed by atoms with E-state index >= 15 is 0 Å². The number of allylic oxidation sites excluding steroid dienone is 1. The molecule has 0 saturated heterocycles. The zero-order valence-electron chi connectivity index (χ0n) is 14.3. The molecule has 3 fully saturated rings. The Hall–Kier alpha value is -0.630. The molecule has 2 nitrogen and oxygen atoms in total. The van der Waals surface area contributed by atoms with E-state index in [1.165, 1.54) is 12.0 Å². The van der Waals surface area contributed by atoms with E-state index in [2.05, 4.69) is 26.8 Å². The molecule has 4 aliphatic rings. The van der Waals surface area contributed by atoms with Crippen molar-refractivity contribution in [3.8, 4) is 0 Å². The second-order valence-corrected chi connectivity index (χ2v) is 9.07. The second-order valence-electron chi connectivity index (χ2n) is 9.07. The summed E-state index contributed by atoms with van der Waals surface area (Å²) < 4.78 is 0. The van der Waals surface area contributed by atoms with Crippen molar-refractivity contribution in [1.82, 2.24) is 0 Å². The average molecular weight is 302 g/mol. The third-order valence-electron chi connectivity index (χ3n) is 8.12. The van der Waals surface area contributed by atoms with Crippen LogP contribution < -0.4 is 0 Å². The molecule has 22 heavy (non-hydrogen) atoms. The Morgan fingerprint density at radius 3 is 2.55 bits per heavy atom. The van der Waals surface area contributed by atoms with Crippen molar-refractivity contribution in [2.75, 3.05) is 0 Å². The van der Waals surface area contributed by atoms with Crippen LogP contribution in [0.4, 0.5) is 0 Å². The number of rotatable bonds is 0. The van der Waals surface area contributed by atoms with Crippen LogP contribution in [0, 0.1) is 34.5 Å². The van der Waals surface area contributed by atoms with Gasteiger partial charge in [0.25, 0.3) is 0 Å². The molecule has 0 heterocycles. The lowest BCUT2D eigenvalue weighted by molar-refractivity contribution is -0.133. The molecule has 7 atom stereocenters. The smallest absolute Gasteiger partial charge is 0.139 e. The minimum atomic E-state index is -0.134. The molecule has 3 saturated carbocycles. The molecule has 0 bridgehead atoms. The van der Waals surface area contributed by atoms with Gasteiger partial charge in [-0.1, -0.05) is 32.4 Å². The maximum atomic E-state index is 12.5. The highest BCUT2D eigenvalue weighted by Crippen LogP contribution is 2.65. The Morgan fingerprint density at radius 2 is 1.77 bits per heavy atom. The number of carbonyl (C=O) groups is 1. The van der Waals surface area contributed by atoms with Gasteiger partial charge in [-0.05, 0) is 67.6 Å². The van der Waals surface area contributed by atoms with Crippen molar-refractivity contribution in [1.29, 1.82) is 0 Å². The fourth-order valence-corrected chi connectivity index (χ4v) is 6.77. The molecular formula is C20H30O2. The summed E-state index contributed by atoms with van der Waals surface area (Å²) in [6.45, 7) is 7.07. The van der Waals surface area contributed by atoms with Crippen LogP contribution in [0.15, 0.2) is 11.6 Å². The van der Waals surface area contributed by atoms with E-state index in [9.17, 15) is 9.90 Å². The number of aliphatic hydroxyl groups excluding tert-OH is 1. The molecule has 122 valence electrons. The third kappa shape index (κ3) is 1.79. The van der Waals surface area contributed by atoms with E-state index in [1.807, 2.05) is 0 Å². The predicted octanol–water partition coefficient (Wildman–Crippen LogP) is 4.13. The van der Waals surface area contributed by atoms with Crippen LogP contribution in [0.3, 0.4) is 0 Å². The predicted molar refractivity (Wildman–Crippen MR) is 87.3 cm³/mol. The first-order valence-corrected chi connectivity index (χ1v) is 9.29. The summed E-state index contributed by atoms with van der Waals surface area (Å²) in [6.07, 6.45) is 9.53. The first kappa shape index (κ1) is 14.9. The molecule has 4 aliphatic carbocycles. The summed E-state index contributed by atoms with van der Waals surface area (Å²) in [7, 11) is 0. The highest BCUT2D eigenvalue weighted by atomic mass is 16.3. The summed E-state index contributed by atoms with van der Waals surface area (Å²) in [5.41, 5.74) is 1.77. The molecule has 0 aromatic rings. The van der Waals surface area contributed by atoms with Gasteiger partial charge in [0.15, 0.2) is 0 Å². The average Bonchev–Trinajstić information content (AvgIpc) is 2.77. The van der Waals surface area contributed by atoms with Gasteiger partial charge in [-0.15, -0.1) is 0 Å². The van der Waals surface area contributed by atoms with Gasteiger partial charge in [-0.3, -0.25) is 4.79 Å². The Labute approximate surface area is 134 Å². The maximum absolute atomic E-state index is 12.5. The van der Waals surface area contributed by atoms with Gasteiger partial charge in [0.1, 0.15) is 5.78 Å². The minimum absolute atomic E-state index is 0.0364. The zero-order chi connectivity index (χ0) is 15.7. The maximum Gasteiger partial charge on any atom is 0.139 e. The van der Waals surface area contributed by atoms with Crippen molar-refractivity contribution in [2.45, 2.75) is 71.8 Å². The van der Waals surface area contributed by atoms with Crippen molar-refractivity contribution < 1.29 is 9.90 Å². The van der Waals surface area contributed by atoms with E-state index in [-0.39, 0.29) is 16.9 Å². The van der Waals surface area contributed by atoms with Crippen LogP contribution >= 0.6 is 0 Å². The molecule has 2 heteroatoms. The molecular weight excluding hydrogens is 272 g/mol. The van der Waals surface area contributed by atoms with Crippen molar-refractivity contribution in [3.05, 3.63) is 11.6 Å². The van der Waals surface area contributed by atoms with Gasteiger partial charge in [-0.2, -0.15) is 0 Å². The largest absolute Gasteiger partial charge is 0.393 e.